The van der Waals surface area contributed by atoms with E-state index in [1.807, 2.05) is 0 Å². The first-order chi connectivity index (χ1) is 9.58. The van der Waals surface area contributed by atoms with Gasteiger partial charge in [-0.05, 0) is 24.3 Å². The fourth-order valence-corrected chi connectivity index (χ4v) is 2.05. The molecule has 3 N–H and O–H groups in total. The van der Waals surface area contributed by atoms with Crippen LogP contribution in [0.3, 0.4) is 0 Å². The predicted molar refractivity (Wildman–Crippen MR) is 72.9 cm³/mol. The summed E-state index contributed by atoms with van der Waals surface area (Å²) in [6, 6.07) is 10.0. The minimum atomic E-state index is -0.429. The Kier molecular flexibility index (Phi) is 2.61. The second-order valence-corrected chi connectivity index (χ2v) is 4.30. The quantitative estimate of drug-likeness (QED) is 0.591. The molecule has 0 fully saturated rings. The molecule has 1 aromatic heterocycles. The molecule has 3 rings (SSSR count). The molecule has 0 aliphatic rings. The van der Waals surface area contributed by atoms with Crippen LogP contribution in [0.1, 0.15) is 0 Å². The van der Waals surface area contributed by atoms with Crippen molar-refractivity contribution in [1.82, 2.24) is 0 Å². The predicted octanol–water partition coefficient (Wildman–Crippen LogP) is 2.58. The summed E-state index contributed by atoms with van der Waals surface area (Å²) in [6.45, 7) is 0. The average molecular weight is 270 g/mol. The number of hydrogen-bond donors (Lipinski definition) is 3. The molecule has 0 radical (unpaired) electrons. The normalized spacial score (nSPS) is 10.8. The van der Waals surface area contributed by atoms with Crippen molar-refractivity contribution in [2.24, 2.45) is 0 Å². The first-order valence-corrected chi connectivity index (χ1v) is 5.85. The molecule has 5 heteroatoms. The Bertz CT molecular complexity index is 864. The SMILES string of the molecule is O=c1cc(-c2cccc(O)c2O)oc2cccc(O)c12. The molecule has 100 valence electrons. The van der Waals surface area contributed by atoms with Gasteiger partial charge in [0.05, 0.1) is 5.56 Å². The standard InChI is InChI=1S/C15H10O5/c16-9-4-2-6-12-14(9)11(18)7-13(20-12)8-3-1-5-10(17)15(8)19/h1-7,16-17,19H. The van der Waals surface area contributed by atoms with Gasteiger partial charge in [-0.2, -0.15) is 0 Å². The lowest BCUT2D eigenvalue weighted by atomic mass is 10.1. The smallest absolute Gasteiger partial charge is 0.197 e. The largest absolute Gasteiger partial charge is 0.507 e. The van der Waals surface area contributed by atoms with Crippen molar-refractivity contribution >= 4 is 11.0 Å². The van der Waals surface area contributed by atoms with Gasteiger partial charge in [0.15, 0.2) is 16.9 Å². The van der Waals surface area contributed by atoms with Crippen LogP contribution in [0.2, 0.25) is 0 Å². The van der Waals surface area contributed by atoms with E-state index >= 15 is 0 Å². The Labute approximate surface area is 113 Å². The third-order valence-electron chi connectivity index (χ3n) is 3.01. The molecule has 0 amide bonds. The third kappa shape index (κ3) is 1.76. The van der Waals surface area contributed by atoms with Crippen molar-refractivity contribution in [3.05, 3.63) is 52.7 Å². The first kappa shape index (κ1) is 12.1. The van der Waals surface area contributed by atoms with Gasteiger partial charge in [0.25, 0.3) is 0 Å². The van der Waals surface area contributed by atoms with E-state index in [0.717, 1.165) is 6.07 Å². The second-order valence-electron chi connectivity index (χ2n) is 4.30. The minimum absolute atomic E-state index is 0.0795. The van der Waals surface area contributed by atoms with Crippen LogP contribution in [0.25, 0.3) is 22.3 Å². The highest BCUT2D eigenvalue weighted by Crippen LogP contribution is 2.36. The van der Waals surface area contributed by atoms with Crippen LogP contribution in [-0.4, -0.2) is 15.3 Å². The topological polar surface area (TPSA) is 90.9 Å². The Morgan fingerprint density at radius 2 is 1.60 bits per heavy atom. The van der Waals surface area contributed by atoms with Gasteiger partial charge in [0.1, 0.15) is 22.5 Å². The lowest BCUT2D eigenvalue weighted by Gasteiger charge is -2.07. The van der Waals surface area contributed by atoms with Crippen molar-refractivity contribution in [3.8, 4) is 28.6 Å². The van der Waals surface area contributed by atoms with Gasteiger partial charge in [-0.15, -0.1) is 0 Å². The summed E-state index contributed by atoms with van der Waals surface area (Å²) in [4.78, 5) is 12.0. The summed E-state index contributed by atoms with van der Waals surface area (Å²) in [5.41, 5.74) is -0.0234. The van der Waals surface area contributed by atoms with Crippen LogP contribution < -0.4 is 5.43 Å². The third-order valence-corrected chi connectivity index (χ3v) is 3.01. The summed E-state index contributed by atoms with van der Waals surface area (Å²) in [7, 11) is 0. The van der Waals surface area contributed by atoms with Gasteiger partial charge in [-0.1, -0.05) is 12.1 Å². The van der Waals surface area contributed by atoms with E-state index < -0.39 is 5.43 Å². The Morgan fingerprint density at radius 1 is 0.900 bits per heavy atom. The first-order valence-electron chi connectivity index (χ1n) is 5.85. The van der Waals surface area contributed by atoms with Crippen molar-refractivity contribution in [1.29, 1.82) is 0 Å². The molecule has 2 aromatic carbocycles. The Morgan fingerprint density at radius 3 is 2.40 bits per heavy atom. The highest BCUT2D eigenvalue weighted by atomic mass is 16.3. The van der Waals surface area contributed by atoms with Gasteiger partial charge in [0, 0.05) is 6.07 Å². The minimum Gasteiger partial charge on any atom is -0.507 e. The molecule has 0 bridgehead atoms. The van der Waals surface area contributed by atoms with E-state index in [-0.39, 0.29) is 39.5 Å². The maximum atomic E-state index is 12.0. The van der Waals surface area contributed by atoms with E-state index in [9.17, 15) is 20.1 Å². The van der Waals surface area contributed by atoms with E-state index in [1.54, 1.807) is 12.1 Å². The number of aromatic hydroxyl groups is 3. The summed E-state index contributed by atoms with van der Waals surface area (Å²) in [6.07, 6.45) is 0. The van der Waals surface area contributed by atoms with Gasteiger partial charge >= 0.3 is 0 Å². The van der Waals surface area contributed by atoms with Crippen LogP contribution in [-0.2, 0) is 0 Å². The molecule has 0 saturated carbocycles. The number of hydrogen-bond acceptors (Lipinski definition) is 5. The van der Waals surface area contributed by atoms with Crippen LogP contribution in [0, 0.1) is 0 Å². The summed E-state index contributed by atoms with van der Waals surface area (Å²) < 4.78 is 5.51. The van der Waals surface area contributed by atoms with Crippen LogP contribution in [0.4, 0.5) is 0 Å². The highest BCUT2D eigenvalue weighted by molar-refractivity contribution is 5.85. The average Bonchev–Trinajstić information content (AvgIpc) is 2.41. The number of phenolic OH excluding ortho intramolecular Hbond substituents is 3. The summed E-state index contributed by atoms with van der Waals surface area (Å²) >= 11 is 0. The van der Waals surface area contributed by atoms with E-state index in [4.69, 9.17) is 4.42 Å². The summed E-state index contributed by atoms with van der Waals surface area (Å²) in [5.74, 6) is -0.722. The molecular weight excluding hydrogens is 260 g/mol. The van der Waals surface area contributed by atoms with Gasteiger partial charge in [-0.25, -0.2) is 0 Å². The zero-order valence-electron chi connectivity index (χ0n) is 10.2. The zero-order chi connectivity index (χ0) is 14.3. The number of benzene rings is 2. The molecule has 0 aliphatic heterocycles. The molecule has 0 atom stereocenters. The molecule has 0 unspecified atom stereocenters. The van der Waals surface area contributed by atoms with Crippen molar-refractivity contribution < 1.29 is 19.7 Å². The molecule has 0 saturated heterocycles. The molecule has 1 heterocycles. The zero-order valence-corrected chi connectivity index (χ0v) is 10.2. The van der Waals surface area contributed by atoms with Crippen LogP contribution in [0.5, 0.6) is 17.2 Å². The molecule has 0 spiro atoms. The number of para-hydroxylation sites is 1. The van der Waals surface area contributed by atoms with Crippen molar-refractivity contribution in [2.75, 3.05) is 0 Å². The number of rotatable bonds is 1. The molecule has 5 nitrogen and oxygen atoms in total. The maximum Gasteiger partial charge on any atom is 0.197 e. The number of fused-ring (bicyclic) bond motifs is 1. The molecular formula is C15H10O5. The van der Waals surface area contributed by atoms with E-state index in [1.165, 1.54) is 24.3 Å². The fourth-order valence-electron chi connectivity index (χ4n) is 2.05. The van der Waals surface area contributed by atoms with E-state index in [2.05, 4.69) is 0 Å². The van der Waals surface area contributed by atoms with Crippen LogP contribution in [0.15, 0.2) is 51.7 Å². The van der Waals surface area contributed by atoms with Crippen LogP contribution >= 0.6 is 0 Å². The second kappa shape index (κ2) is 4.31. The number of phenols is 3. The Hall–Kier alpha value is -2.95. The van der Waals surface area contributed by atoms with Crippen molar-refractivity contribution in [3.63, 3.8) is 0 Å². The molecule has 0 aliphatic carbocycles. The van der Waals surface area contributed by atoms with Gasteiger partial charge in [0.2, 0.25) is 0 Å². The fraction of sp³-hybridized carbons (Fsp3) is 0. The van der Waals surface area contributed by atoms with Gasteiger partial charge in [-0.3, -0.25) is 4.79 Å². The summed E-state index contributed by atoms with van der Waals surface area (Å²) in [5, 5.41) is 29.0. The highest BCUT2D eigenvalue weighted by Gasteiger charge is 2.14. The lowest BCUT2D eigenvalue weighted by molar-refractivity contribution is 0.404. The lowest BCUT2D eigenvalue weighted by Crippen LogP contribution is -2.00. The van der Waals surface area contributed by atoms with Crippen molar-refractivity contribution in [2.45, 2.75) is 0 Å². The monoisotopic (exact) mass is 270 g/mol. The Balaban J connectivity index is 2.34. The molecule has 3 aromatic rings. The van der Waals surface area contributed by atoms with E-state index in [0.29, 0.717) is 0 Å². The molecule has 20 heavy (non-hydrogen) atoms. The van der Waals surface area contributed by atoms with Gasteiger partial charge < -0.3 is 19.7 Å². The maximum absolute atomic E-state index is 12.0.